The standard InChI is InChI=1S/C22H23ClN4O2/c1-29-17-12-10-16(11-13-17)21-24-20(22(28)26-14-6-2-3-7-15-26)25-27(21)19-9-5-4-8-18(19)23/h4-5,8-13H,2-3,6-7,14-15H2,1H3. The largest absolute Gasteiger partial charge is 0.497 e. The molecule has 0 N–H and O–H groups in total. The Balaban J connectivity index is 1.77. The van der Waals surface area contributed by atoms with E-state index in [1.54, 1.807) is 17.9 Å². The number of rotatable bonds is 4. The topological polar surface area (TPSA) is 60.2 Å². The molecule has 0 unspecified atom stereocenters. The molecule has 0 atom stereocenters. The van der Waals surface area contributed by atoms with Gasteiger partial charge in [0.15, 0.2) is 5.82 Å². The fraction of sp³-hybridized carbons (Fsp3) is 0.318. The molecule has 0 bridgehead atoms. The molecule has 1 aromatic heterocycles. The van der Waals surface area contributed by atoms with Gasteiger partial charge in [0.25, 0.3) is 5.91 Å². The summed E-state index contributed by atoms with van der Waals surface area (Å²) in [7, 11) is 1.62. The van der Waals surface area contributed by atoms with Gasteiger partial charge in [-0.25, -0.2) is 9.67 Å². The summed E-state index contributed by atoms with van der Waals surface area (Å²) in [4.78, 5) is 19.6. The summed E-state index contributed by atoms with van der Waals surface area (Å²) in [5, 5.41) is 5.11. The van der Waals surface area contributed by atoms with Gasteiger partial charge in [-0.15, -0.1) is 5.10 Å². The normalized spacial score (nSPS) is 14.5. The zero-order valence-electron chi connectivity index (χ0n) is 16.3. The van der Waals surface area contributed by atoms with E-state index in [-0.39, 0.29) is 11.7 Å². The fourth-order valence-electron chi connectivity index (χ4n) is 3.54. The molecule has 2 aromatic carbocycles. The Labute approximate surface area is 175 Å². The molecule has 1 fully saturated rings. The maximum Gasteiger partial charge on any atom is 0.293 e. The SMILES string of the molecule is COc1ccc(-c2nc(C(=O)N3CCCCCC3)nn2-c2ccccc2Cl)cc1. The number of hydrogen-bond acceptors (Lipinski definition) is 4. The van der Waals surface area contributed by atoms with Crippen molar-refractivity contribution in [3.05, 3.63) is 59.4 Å². The number of methoxy groups -OCH3 is 1. The van der Waals surface area contributed by atoms with Crippen molar-refractivity contribution < 1.29 is 9.53 Å². The van der Waals surface area contributed by atoms with E-state index >= 15 is 0 Å². The molecule has 1 saturated heterocycles. The lowest BCUT2D eigenvalue weighted by atomic mass is 10.2. The second-order valence-electron chi connectivity index (χ2n) is 7.06. The lowest BCUT2D eigenvalue weighted by Gasteiger charge is -2.18. The third-order valence-electron chi connectivity index (χ3n) is 5.12. The maximum atomic E-state index is 13.1. The summed E-state index contributed by atoms with van der Waals surface area (Å²) < 4.78 is 6.90. The van der Waals surface area contributed by atoms with Crippen LogP contribution < -0.4 is 4.74 Å². The summed E-state index contributed by atoms with van der Waals surface area (Å²) in [6, 6.07) is 14.9. The Bertz CT molecular complexity index is 992. The number of carbonyl (C=O) groups excluding carboxylic acids is 1. The lowest BCUT2D eigenvalue weighted by molar-refractivity contribution is 0.0749. The van der Waals surface area contributed by atoms with Gasteiger partial charge in [0.1, 0.15) is 5.75 Å². The number of benzene rings is 2. The van der Waals surface area contributed by atoms with Crippen LogP contribution in [0.4, 0.5) is 0 Å². The van der Waals surface area contributed by atoms with E-state index in [4.69, 9.17) is 16.3 Å². The number of halogens is 1. The number of hydrogen-bond donors (Lipinski definition) is 0. The van der Waals surface area contributed by atoms with Crippen molar-refractivity contribution in [2.24, 2.45) is 0 Å². The summed E-state index contributed by atoms with van der Waals surface area (Å²) in [5.74, 6) is 1.38. The molecule has 7 heteroatoms. The quantitative estimate of drug-likeness (QED) is 0.630. The van der Waals surface area contributed by atoms with Gasteiger partial charge in [-0.2, -0.15) is 0 Å². The number of ether oxygens (including phenoxy) is 1. The van der Waals surface area contributed by atoms with Crippen LogP contribution in [0.2, 0.25) is 5.02 Å². The lowest BCUT2D eigenvalue weighted by Crippen LogP contribution is -2.32. The monoisotopic (exact) mass is 410 g/mol. The minimum Gasteiger partial charge on any atom is -0.497 e. The Hall–Kier alpha value is -2.86. The molecule has 4 rings (SSSR count). The van der Waals surface area contributed by atoms with Gasteiger partial charge in [0.05, 0.1) is 17.8 Å². The third-order valence-corrected chi connectivity index (χ3v) is 5.44. The van der Waals surface area contributed by atoms with Gasteiger partial charge in [-0.05, 0) is 49.2 Å². The van der Waals surface area contributed by atoms with Gasteiger partial charge in [-0.3, -0.25) is 4.79 Å². The number of aromatic nitrogens is 3. The van der Waals surface area contributed by atoms with Gasteiger partial charge in [-0.1, -0.05) is 36.6 Å². The number of amides is 1. The first kappa shape index (κ1) is 19.5. The molecular formula is C22H23ClN4O2. The second-order valence-corrected chi connectivity index (χ2v) is 7.46. The number of carbonyl (C=O) groups is 1. The Morgan fingerprint density at radius 3 is 2.34 bits per heavy atom. The van der Waals surface area contributed by atoms with Gasteiger partial charge in [0, 0.05) is 18.7 Å². The highest BCUT2D eigenvalue weighted by Crippen LogP contribution is 2.27. The number of likely N-dealkylation sites (tertiary alicyclic amines) is 1. The van der Waals surface area contributed by atoms with Crippen LogP contribution in [0.15, 0.2) is 48.5 Å². The highest BCUT2D eigenvalue weighted by molar-refractivity contribution is 6.32. The molecule has 1 aliphatic heterocycles. The smallest absolute Gasteiger partial charge is 0.293 e. The number of para-hydroxylation sites is 1. The van der Waals surface area contributed by atoms with E-state index in [2.05, 4.69) is 10.1 Å². The summed E-state index contributed by atoms with van der Waals surface area (Å²) >= 11 is 6.42. The molecule has 150 valence electrons. The Morgan fingerprint density at radius 1 is 1.00 bits per heavy atom. The van der Waals surface area contributed by atoms with Crippen LogP contribution in [0.5, 0.6) is 5.75 Å². The summed E-state index contributed by atoms with van der Waals surface area (Å²) in [6.45, 7) is 1.49. The molecule has 29 heavy (non-hydrogen) atoms. The highest BCUT2D eigenvalue weighted by atomic mass is 35.5. The first-order chi connectivity index (χ1) is 14.2. The molecule has 0 aliphatic carbocycles. The molecule has 0 radical (unpaired) electrons. The van der Waals surface area contributed by atoms with Gasteiger partial charge < -0.3 is 9.64 Å². The second kappa shape index (κ2) is 8.66. The van der Waals surface area contributed by atoms with E-state index in [0.717, 1.165) is 50.1 Å². The highest BCUT2D eigenvalue weighted by Gasteiger charge is 2.24. The molecule has 2 heterocycles. The molecule has 1 aliphatic rings. The first-order valence-corrected chi connectivity index (χ1v) is 10.2. The Morgan fingerprint density at radius 2 is 1.69 bits per heavy atom. The van der Waals surface area contributed by atoms with E-state index in [1.165, 1.54) is 0 Å². The van der Waals surface area contributed by atoms with Crippen molar-refractivity contribution in [2.75, 3.05) is 20.2 Å². The fourth-order valence-corrected chi connectivity index (χ4v) is 3.75. The average Bonchev–Trinajstić information content (AvgIpc) is 3.01. The number of nitrogens with zero attached hydrogens (tertiary/aromatic N) is 4. The van der Waals surface area contributed by atoms with Crippen molar-refractivity contribution in [1.82, 2.24) is 19.7 Å². The van der Waals surface area contributed by atoms with Gasteiger partial charge >= 0.3 is 0 Å². The van der Waals surface area contributed by atoms with Crippen LogP contribution in [0.3, 0.4) is 0 Å². The first-order valence-electron chi connectivity index (χ1n) is 9.83. The van der Waals surface area contributed by atoms with Crippen LogP contribution in [-0.4, -0.2) is 45.8 Å². The van der Waals surface area contributed by atoms with E-state index in [1.807, 2.05) is 47.4 Å². The van der Waals surface area contributed by atoms with Crippen molar-refractivity contribution >= 4 is 17.5 Å². The van der Waals surface area contributed by atoms with Crippen molar-refractivity contribution in [3.8, 4) is 22.8 Å². The van der Waals surface area contributed by atoms with Crippen molar-refractivity contribution in [2.45, 2.75) is 25.7 Å². The third kappa shape index (κ3) is 4.12. The van der Waals surface area contributed by atoms with E-state index < -0.39 is 0 Å². The minimum absolute atomic E-state index is 0.132. The zero-order chi connectivity index (χ0) is 20.2. The summed E-state index contributed by atoms with van der Waals surface area (Å²) in [5.41, 5.74) is 1.51. The predicted molar refractivity (Wildman–Crippen MR) is 113 cm³/mol. The van der Waals surface area contributed by atoms with E-state index in [9.17, 15) is 4.79 Å². The molecule has 3 aromatic rings. The van der Waals surface area contributed by atoms with Crippen LogP contribution in [0, 0.1) is 0 Å². The molecule has 6 nitrogen and oxygen atoms in total. The van der Waals surface area contributed by atoms with E-state index in [0.29, 0.717) is 16.5 Å². The zero-order valence-corrected chi connectivity index (χ0v) is 17.1. The average molecular weight is 411 g/mol. The molecule has 1 amide bonds. The van der Waals surface area contributed by atoms with Crippen molar-refractivity contribution in [3.63, 3.8) is 0 Å². The molecule has 0 spiro atoms. The Kier molecular flexibility index (Phi) is 5.81. The van der Waals surface area contributed by atoms with Crippen molar-refractivity contribution in [1.29, 1.82) is 0 Å². The van der Waals surface area contributed by atoms with Crippen LogP contribution in [0.25, 0.3) is 17.1 Å². The minimum atomic E-state index is -0.132. The predicted octanol–water partition coefficient (Wildman–Crippen LogP) is 4.61. The summed E-state index contributed by atoms with van der Waals surface area (Å²) in [6.07, 6.45) is 4.34. The maximum absolute atomic E-state index is 13.1. The molecule has 0 saturated carbocycles. The van der Waals surface area contributed by atoms with Gasteiger partial charge in [0.2, 0.25) is 5.82 Å². The molecular weight excluding hydrogens is 388 g/mol. The van der Waals surface area contributed by atoms with Crippen LogP contribution >= 0.6 is 11.6 Å². The van der Waals surface area contributed by atoms with Crippen LogP contribution in [-0.2, 0) is 0 Å². The van der Waals surface area contributed by atoms with Crippen LogP contribution in [0.1, 0.15) is 36.3 Å².